The molecule has 0 bridgehead atoms. The maximum Gasteiger partial charge on any atom is 0.244 e. The van der Waals surface area contributed by atoms with Gasteiger partial charge in [-0.2, -0.15) is 0 Å². The molecule has 0 saturated heterocycles. The number of nitrogens with zero attached hydrogens (tertiary/aromatic N) is 2. The molecule has 0 aliphatic heterocycles. The van der Waals surface area contributed by atoms with Crippen molar-refractivity contribution < 1.29 is 27.1 Å². The van der Waals surface area contributed by atoms with E-state index in [9.17, 15) is 22.4 Å². The molecule has 2 amide bonds. The topological polar surface area (TPSA) is 96.0 Å². The lowest BCUT2D eigenvalue weighted by molar-refractivity contribution is -0.139. The largest absolute Gasteiger partial charge is 0.495 e. The number of methoxy groups -OCH3 is 1. The van der Waals surface area contributed by atoms with Crippen LogP contribution in [0.5, 0.6) is 5.75 Å². The standard InChI is InChI=1S/C24H31ClFN3O5S/c1-5-6-13-27-24(31)17(2)28(15-18-9-7-8-10-20(18)26)23(30)16-29(35(4,32)33)21-14-19(25)11-12-22(21)34-3/h7-12,14,17H,5-6,13,15-16H2,1-4H3,(H,27,31)/t17-/m0/s1. The van der Waals surface area contributed by atoms with E-state index in [1.165, 1.54) is 50.4 Å². The molecule has 0 saturated carbocycles. The van der Waals surface area contributed by atoms with Gasteiger partial charge in [0.1, 0.15) is 24.2 Å². The van der Waals surface area contributed by atoms with Gasteiger partial charge in [-0.3, -0.25) is 13.9 Å². The third-order valence-electron chi connectivity index (χ3n) is 5.38. The van der Waals surface area contributed by atoms with E-state index in [-0.39, 0.29) is 28.6 Å². The Morgan fingerprint density at radius 3 is 2.49 bits per heavy atom. The molecule has 0 unspecified atom stereocenters. The molecule has 0 radical (unpaired) electrons. The quantitative estimate of drug-likeness (QED) is 0.426. The van der Waals surface area contributed by atoms with Crippen LogP contribution in [-0.2, 0) is 26.2 Å². The number of carbonyl (C=O) groups is 2. The maximum absolute atomic E-state index is 14.4. The number of amides is 2. The van der Waals surface area contributed by atoms with Crippen LogP contribution in [0.1, 0.15) is 32.3 Å². The average Bonchev–Trinajstić information content (AvgIpc) is 2.80. The van der Waals surface area contributed by atoms with E-state index in [4.69, 9.17) is 16.3 Å². The number of hydrogen-bond donors (Lipinski definition) is 1. The lowest BCUT2D eigenvalue weighted by Crippen LogP contribution is -2.51. The molecule has 0 aromatic heterocycles. The van der Waals surface area contributed by atoms with Gasteiger partial charge in [0, 0.05) is 23.7 Å². The molecule has 0 aliphatic carbocycles. The maximum atomic E-state index is 14.4. The number of hydrogen-bond acceptors (Lipinski definition) is 5. The first-order valence-corrected chi connectivity index (χ1v) is 13.3. The Labute approximate surface area is 211 Å². The van der Waals surface area contributed by atoms with E-state index in [1.807, 2.05) is 6.92 Å². The number of sulfonamides is 1. The van der Waals surface area contributed by atoms with Gasteiger partial charge >= 0.3 is 0 Å². The van der Waals surface area contributed by atoms with Crippen molar-refractivity contribution in [3.63, 3.8) is 0 Å². The van der Waals surface area contributed by atoms with E-state index < -0.39 is 40.2 Å². The van der Waals surface area contributed by atoms with Crippen LogP contribution >= 0.6 is 11.6 Å². The van der Waals surface area contributed by atoms with Crippen LogP contribution in [0.15, 0.2) is 42.5 Å². The lowest BCUT2D eigenvalue weighted by atomic mass is 10.1. The van der Waals surface area contributed by atoms with E-state index in [2.05, 4.69) is 5.32 Å². The summed E-state index contributed by atoms with van der Waals surface area (Å²) in [4.78, 5) is 27.4. The predicted molar refractivity (Wildman–Crippen MR) is 135 cm³/mol. The van der Waals surface area contributed by atoms with Crippen molar-refractivity contribution in [2.75, 3.05) is 30.8 Å². The minimum absolute atomic E-state index is 0.0711. The van der Waals surface area contributed by atoms with Gasteiger partial charge in [-0.1, -0.05) is 43.1 Å². The number of anilines is 1. The van der Waals surface area contributed by atoms with Crippen molar-refractivity contribution in [2.45, 2.75) is 39.3 Å². The summed E-state index contributed by atoms with van der Waals surface area (Å²) in [6.07, 6.45) is 2.58. The van der Waals surface area contributed by atoms with Crippen LogP contribution in [0, 0.1) is 5.82 Å². The number of rotatable bonds is 12. The summed E-state index contributed by atoms with van der Waals surface area (Å²) in [5.74, 6) is -1.47. The van der Waals surface area contributed by atoms with Gasteiger partial charge in [-0.15, -0.1) is 0 Å². The van der Waals surface area contributed by atoms with Gasteiger partial charge in [0.05, 0.1) is 19.1 Å². The number of unbranched alkanes of at least 4 members (excludes halogenated alkanes) is 1. The first-order chi connectivity index (χ1) is 16.5. The minimum Gasteiger partial charge on any atom is -0.495 e. The molecule has 0 spiro atoms. The average molecular weight is 528 g/mol. The molecule has 2 aromatic rings. The zero-order valence-electron chi connectivity index (χ0n) is 20.3. The second-order valence-corrected chi connectivity index (χ2v) is 10.4. The highest BCUT2D eigenvalue weighted by molar-refractivity contribution is 7.92. The highest BCUT2D eigenvalue weighted by atomic mass is 35.5. The molecule has 0 aliphatic rings. The smallest absolute Gasteiger partial charge is 0.244 e. The first-order valence-electron chi connectivity index (χ1n) is 11.1. The molecular weight excluding hydrogens is 497 g/mol. The second-order valence-electron chi connectivity index (χ2n) is 8.02. The van der Waals surface area contributed by atoms with Gasteiger partial charge in [-0.25, -0.2) is 12.8 Å². The van der Waals surface area contributed by atoms with E-state index >= 15 is 0 Å². The molecule has 8 nitrogen and oxygen atoms in total. The minimum atomic E-state index is -3.97. The summed E-state index contributed by atoms with van der Waals surface area (Å²) in [5, 5.41) is 3.01. The van der Waals surface area contributed by atoms with Crippen molar-refractivity contribution in [2.24, 2.45) is 0 Å². The van der Waals surface area contributed by atoms with Gasteiger partial charge in [0.2, 0.25) is 21.8 Å². The van der Waals surface area contributed by atoms with Crippen molar-refractivity contribution in [3.05, 3.63) is 58.9 Å². The monoisotopic (exact) mass is 527 g/mol. The highest BCUT2D eigenvalue weighted by Crippen LogP contribution is 2.33. The second kappa shape index (κ2) is 12.7. The highest BCUT2D eigenvalue weighted by Gasteiger charge is 2.31. The lowest BCUT2D eigenvalue weighted by Gasteiger charge is -2.32. The molecule has 0 fully saturated rings. The van der Waals surface area contributed by atoms with Gasteiger partial charge < -0.3 is 15.0 Å². The first kappa shape index (κ1) is 28.4. The third kappa shape index (κ3) is 7.83. The van der Waals surface area contributed by atoms with Crippen molar-refractivity contribution in [1.29, 1.82) is 0 Å². The third-order valence-corrected chi connectivity index (χ3v) is 6.75. The van der Waals surface area contributed by atoms with Gasteiger partial charge in [-0.05, 0) is 37.6 Å². The van der Waals surface area contributed by atoms with Crippen molar-refractivity contribution in [3.8, 4) is 5.75 Å². The Morgan fingerprint density at radius 1 is 1.20 bits per heavy atom. The van der Waals surface area contributed by atoms with Crippen molar-refractivity contribution >= 4 is 39.1 Å². The van der Waals surface area contributed by atoms with E-state index in [0.717, 1.165) is 28.3 Å². The molecule has 11 heteroatoms. The molecule has 1 N–H and O–H groups in total. The predicted octanol–water partition coefficient (Wildman–Crippen LogP) is 3.59. The molecule has 192 valence electrons. The number of benzene rings is 2. The SMILES string of the molecule is CCCCNC(=O)[C@H](C)N(Cc1ccccc1F)C(=O)CN(c1cc(Cl)ccc1OC)S(C)(=O)=O. The number of halogens is 2. The number of carbonyl (C=O) groups excluding carboxylic acids is 2. The van der Waals surface area contributed by atoms with Crippen LogP contribution in [0.4, 0.5) is 10.1 Å². The van der Waals surface area contributed by atoms with Gasteiger partial charge in [0.25, 0.3) is 0 Å². The summed E-state index contributed by atoms with van der Waals surface area (Å²) in [6, 6.07) is 9.30. The zero-order chi connectivity index (χ0) is 26.2. The fourth-order valence-corrected chi connectivity index (χ4v) is 4.39. The fraction of sp³-hybridized carbons (Fsp3) is 0.417. The zero-order valence-corrected chi connectivity index (χ0v) is 21.8. The molecule has 2 aromatic carbocycles. The van der Waals surface area contributed by atoms with E-state index in [1.54, 1.807) is 6.07 Å². The fourth-order valence-electron chi connectivity index (χ4n) is 3.38. The van der Waals surface area contributed by atoms with Gasteiger partial charge in [0.15, 0.2) is 0 Å². The molecule has 0 heterocycles. The summed E-state index contributed by atoms with van der Waals surface area (Å²) in [7, 11) is -2.60. The molecular formula is C24H31ClFN3O5S. The van der Waals surface area contributed by atoms with Crippen LogP contribution in [0.25, 0.3) is 0 Å². The van der Waals surface area contributed by atoms with Crippen LogP contribution in [0.3, 0.4) is 0 Å². The number of nitrogens with one attached hydrogen (secondary N) is 1. The molecule has 2 rings (SSSR count). The molecule has 1 atom stereocenters. The Morgan fingerprint density at radius 2 is 1.89 bits per heavy atom. The van der Waals surface area contributed by atoms with Crippen molar-refractivity contribution in [1.82, 2.24) is 10.2 Å². The Balaban J connectivity index is 2.43. The number of ether oxygens (including phenoxy) is 1. The molecule has 35 heavy (non-hydrogen) atoms. The Hall–Kier alpha value is -2.85. The summed E-state index contributed by atoms with van der Waals surface area (Å²) in [6.45, 7) is 3.06. The van der Waals surface area contributed by atoms with Crippen LogP contribution in [-0.4, -0.2) is 57.6 Å². The normalized spacial score (nSPS) is 12.1. The Bertz CT molecular complexity index is 1150. The Kier molecular flexibility index (Phi) is 10.3. The summed E-state index contributed by atoms with van der Waals surface area (Å²) >= 11 is 6.08. The van der Waals surface area contributed by atoms with E-state index in [0.29, 0.717) is 6.54 Å². The van der Waals surface area contributed by atoms with Crippen LogP contribution < -0.4 is 14.4 Å². The summed E-state index contributed by atoms with van der Waals surface area (Å²) < 4.78 is 45.9. The van der Waals surface area contributed by atoms with Crippen LogP contribution in [0.2, 0.25) is 5.02 Å². The summed E-state index contributed by atoms with van der Waals surface area (Å²) in [5.41, 5.74) is 0.266.